The third-order valence-electron chi connectivity index (χ3n) is 2.91. The number of rotatable bonds is 3. The smallest absolute Gasteiger partial charge is 0.224 e. The summed E-state index contributed by atoms with van der Waals surface area (Å²) < 4.78 is 0. The number of carbonyl (C=O) groups excluding carboxylic acids is 1. The summed E-state index contributed by atoms with van der Waals surface area (Å²) in [6.45, 7) is 1.05. The molecule has 2 fully saturated rings. The zero-order chi connectivity index (χ0) is 9.97. The number of nitrogens with zero attached hydrogens (tertiary/aromatic N) is 1. The van der Waals surface area contributed by atoms with Gasteiger partial charge in [0.05, 0.1) is 0 Å². The molecule has 0 radical (unpaired) electrons. The van der Waals surface area contributed by atoms with Gasteiger partial charge in [0.15, 0.2) is 0 Å². The standard InChI is InChI=1S/C10H18N2OS.ClH/c1-12(9-2-3-9)10(13)6-8-7-14-5-4-11-8;/h8-9,11H,2-7H2,1H3;1H. The lowest BCUT2D eigenvalue weighted by atomic mass is 10.2. The maximum Gasteiger partial charge on any atom is 0.224 e. The summed E-state index contributed by atoms with van der Waals surface area (Å²) in [6, 6.07) is 0.959. The first-order valence-corrected chi connectivity index (χ1v) is 6.49. The molecule has 1 aliphatic carbocycles. The molecule has 1 saturated carbocycles. The fraction of sp³-hybridized carbons (Fsp3) is 0.900. The number of nitrogens with one attached hydrogen (secondary N) is 1. The van der Waals surface area contributed by atoms with E-state index in [1.807, 2.05) is 23.7 Å². The Morgan fingerprint density at radius 2 is 2.27 bits per heavy atom. The molecule has 0 spiro atoms. The Bertz CT molecular complexity index is 217. The van der Waals surface area contributed by atoms with Crippen LogP contribution in [0.5, 0.6) is 0 Å². The van der Waals surface area contributed by atoms with Gasteiger partial charge in [-0.1, -0.05) is 0 Å². The van der Waals surface area contributed by atoms with Crippen molar-refractivity contribution in [3.8, 4) is 0 Å². The molecule has 1 atom stereocenters. The second kappa shape index (κ2) is 5.97. The first-order chi connectivity index (χ1) is 6.77. The van der Waals surface area contributed by atoms with Crippen LogP contribution < -0.4 is 5.32 Å². The number of amides is 1. The molecule has 3 nitrogen and oxygen atoms in total. The van der Waals surface area contributed by atoms with E-state index in [-0.39, 0.29) is 12.4 Å². The van der Waals surface area contributed by atoms with Crippen molar-refractivity contribution in [2.45, 2.75) is 31.3 Å². The van der Waals surface area contributed by atoms with Gasteiger partial charge in [-0.3, -0.25) is 4.79 Å². The summed E-state index contributed by atoms with van der Waals surface area (Å²) in [6.07, 6.45) is 3.09. The molecule has 15 heavy (non-hydrogen) atoms. The van der Waals surface area contributed by atoms with Crippen molar-refractivity contribution in [1.82, 2.24) is 10.2 Å². The fourth-order valence-electron chi connectivity index (χ4n) is 1.77. The minimum Gasteiger partial charge on any atom is -0.343 e. The first kappa shape index (κ1) is 13.1. The average Bonchev–Trinajstić information content (AvgIpc) is 3.01. The monoisotopic (exact) mass is 250 g/mol. The number of carbonyl (C=O) groups is 1. The molecule has 0 aromatic rings. The number of hydrogen-bond donors (Lipinski definition) is 1. The molecular formula is C10H19ClN2OS. The van der Waals surface area contributed by atoms with E-state index >= 15 is 0 Å². The van der Waals surface area contributed by atoms with Gasteiger partial charge >= 0.3 is 0 Å². The third-order valence-corrected chi connectivity index (χ3v) is 4.04. The van der Waals surface area contributed by atoms with Crippen LogP contribution in [0.3, 0.4) is 0 Å². The number of halogens is 1. The molecule has 0 aromatic heterocycles. The third kappa shape index (κ3) is 3.85. The summed E-state index contributed by atoms with van der Waals surface area (Å²) in [4.78, 5) is 13.7. The maximum absolute atomic E-state index is 11.8. The van der Waals surface area contributed by atoms with Gasteiger partial charge in [-0.15, -0.1) is 12.4 Å². The molecule has 1 aliphatic heterocycles. The van der Waals surface area contributed by atoms with E-state index in [1.165, 1.54) is 18.6 Å². The van der Waals surface area contributed by atoms with Crippen LogP contribution in [0.4, 0.5) is 0 Å². The lowest BCUT2D eigenvalue weighted by Crippen LogP contribution is -2.42. The van der Waals surface area contributed by atoms with Crippen molar-refractivity contribution in [1.29, 1.82) is 0 Å². The Morgan fingerprint density at radius 3 is 2.80 bits per heavy atom. The summed E-state index contributed by atoms with van der Waals surface area (Å²) in [5.41, 5.74) is 0. The van der Waals surface area contributed by atoms with E-state index in [9.17, 15) is 4.79 Å². The van der Waals surface area contributed by atoms with Gasteiger partial charge in [0, 0.05) is 43.6 Å². The molecule has 1 saturated heterocycles. The zero-order valence-corrected chi connectivity index (χ0v) is 10.7. The first-order valence-electron chi connectivity index (χ1n) is 5.34. The van der Waals surface area contributed by atoms with Gasteiger partial charge in [-0.2, -0.15) is 11.8 Å². The van der Waals surface area contributed by atoms with Gasteiger partial charge in [0.25, 0.3) is 0 Å². The van der Waals surface area contributed by atoms with Crippen molar-refractivity contribution in [2.24, 2.45) is 0 Å². The number of thioether (sulfide) groups is 1. The predicted molar refractivity (Wildman–Crippen MR) is 66.8 cm³/mol. The van der Waals surface area contributed by atoms with Gasteiger partial charge in [-0.05, 0) is 12.8 Å². The predicted octanol–water partition coefficient (Wildman–Crippen LogP) is 1.12. The minimum atomic E-state index is 0. The van der Waals surface area contributed by atoms with Gasteiger partial charge in [0.2, 0.25) is 5.91 Å². The molecule has 2 aliphatic rings. The largest absolute Gasteiger partial charge is 0.343 e. The average molecular weight is 251 g/mol. The van der Waals surface area contributed by atoms with E-state index < -0.39 is 0 Å². The summed E-state index contributed by atoms with van der Waals surface area (Å²) in [5, 5.41) is 3.40. The minimum absolute atomic E-state index is 0. The summed E-state index contributed by atoms with van der Waals surface area (Å²) in [7, 11) is 1.94. The molecule has 88 valence electrons. The van der Waals surface area contributed by atoms with E-state index in [2.05, 4.69) is 5.32 Å². The van der Waals surface area contributed by atoms with Crippen molar-refractivity contribution in [3.05, 3.63) is 0 Å². The molecule has 5 heteroatoms. The molecule has 1 heterocycles. The lowest BCUT2D eigenvalue weighted by Gasteiger charge is -2.25. The van der Waals surface area contributed by atoms with E-state index in [1.54, 1.807) is 0 Å². The molecule has 1 amide bonds. The highest BCUT2D eigenvalue weighted by molar-refractivity contribution is 7.99. The topological polar surface area (TPSA) is 32.3 Å². The van der Waals surface area contributed by atoms with E-state index in [4.69, 9.17) is 0 Å². The van der Waals surface area contributed by atoms with Gasteiger partial charge < -0.3 is 10.2 Å². The van der Waals surface area contributed by atoms with Crippen LogP contribution in [0.15, 0.2) is 0 Å². The molecule has 1 unspecified atom stereocenters. The van der Waals surface area contributed by atoms with Crippen LogP contribution in [0.2, 0.25) is 0 Å². The van der Waals surface area contributed by atoms with Crippen molar-refractivity contribution < 1.29 is 4.79 Å². The summed E-state index contributed by atoms with van der Waals surface area (Å²) in [5.74, 6) is 2.58. The van der Waals surface area contributed by atoms with Crippen LogP contribution in [0, 0.1) is 0 Å². The molecule has 0 aromatic carbocycles. The Hall–Kier alpha value is 0.0700. The van der Waals surface area contributed by atoms with Crippen LogP contribution >= 0.6 is 24.2 Å². The molecular weight excluding hydrogens is 232 g/mol. The highest BCUT2D eigenvalue weighted by atomic mass is 35.5. The Morgan fingerprint density at radius 1 is 1.53 bits per heavy atom. The van der Waals surface area contributed by atoms with Crippen molar-refractivity contribution >= 4 is 30.1 Å². The van der Waals surface area contributed by atoms with E-state index in [0.717, 1.165) is 12.3 Å². The highest BCUT2D eigenvalue weighted by Gasteiger charge is 2.30. The lowest BCUT2D eigenvalue weighted by molar-refractivity contribution is -0.130. The second-order valence-electron chi connectivity index (χ2n) is 4.17. The normalized spacial score (nSPS) is 25.5. The van der Waals surface area contributed by atoms with Crippen LogP contribution in [0.1, 0.15) is 19.3 Å². The molecule has 1 N–H and O–H groups in total. The second-order valence-corrected chi connectivity index (χ2v) is 5.32. The number of hydrogen-bond acceptors (Lipinski definition) is 3. The van der Waals surface area contributed by atoms with Crippen molar-refractivity contribution in [3.63, 3.8) is 0 Å². The SMILES string of the molecule is CN(C(=O)CC1CSCCN1)C1CC1.Cl. The van der Waals surface area contributed by atoms with Gasteiger partial charge in [-0.25, -0.2) is 0 Å². The Labute approximate surface area is 102 Å². The molecule has 0 bridgehead atoms. The van der Waals surface area contributed by atoms with Gasteiger partial charge in [0.1, 0.15) is 0 Å². The quantitative estimate of drug-likeness (QED) is 0.815. The summed E-state index contributed by atoms with van der Waals surface area (Å²) >= 11 is 1.95. The fourth-order valence-corrected chi connectivity index (χ4v) is 2.72. The molecule has 2 rings (SSSR count). The Kier molecular flexibility index (Phi) is 5.23. The Balaban J connectivity index is 0.00000112. The van der Waals surface area contributed by atoms with Crippen LogP contribution in [-0.2, 0) is 4.79 Å². The van der Waals surface area contributed by atoms with E-state index in [0.29, 0.717) is 24.4 Å². The van der Waals surface area contributed by atoms with Crippen LogP contribution in [0.25, 0.3) is 0 Å². The highest BCUT2D eigenvalue weighted by Crippen LogP contribution is 2.26. The maximum atomic E-state index is 11.8. The van der Waals surface area contributed by atoms with Crippen LogP contribution in [-0.4, -0.2) is 48.0 Å². The zero-order valence-electron chi connectivity index (χ0n) is 9.07. The van der Waals surface area contributed by atoms with Crippen molar-refractivity contribution in [2.75, 3.05) is 25.1 Å².